The Labute approximate surface area is 303 Å². The summed E-state index contributed by atoms with van der Waals surface area (Å²) in [6.07, 6.45) is -8.50. The molecule has 0 aromatic heterocycles. The molecule has 0 saturated carbocycles. The van der Waals surface area contributed by atoms with E-state index in [4.69, 9.17) is 14.0 Å². The summed E-state index contributed by atoms with van der Waals surface area (Å²) in [6, 6.07) is 13.8. The summed E-state index contributed by atoms with van der Waals surface area (Å²) in [5.41, 5.74) is -1.22. The van der Waals surface area contributed by atoms with Crippen LogP contribution in [0.5, 0.6) is 11.5 Å². The second-order valence-electron chi connectivity index (χ2n) is 9.31. The van der Waals surface area contributed by atoms with Gasteiger partial charge in [0.1, 0.15) is 11.5 Å². The van der Waals surface area contributed by atoms with Crippen molar-refractivity contribution in [2.24, 2.45) is 0 Å². The first kappa shape index (κ1) is 36.7. The van der Waals surface area contributed by atoms with E-state index in [0.717, 1.165) is 33.9 Å². The SMILES string of the molecule is O=C(Oc1ccc(C(=O)OC(CS(=O)(=O)O)C(F)(F)F)c2ccccc12)c1ccc([N+](=O)[O-])c(OC(=O)c2cc(I)cc(I)c2I)c1. The summed E-state index contributed by atoms with van der Waals surface area (Å²) in [5, 5.41) is 11.7. The van der Waals surface area contributed by atoms with Crippen LogP contribution in [0, 0.1) is 20.8 Å². The van der Waals surface area contributed by atoms with Gasteiger partial charge in [0.25, 0.3) is 10.1 Å². The van der Waals surface area contributed by atoms with Crippen LogP contribution in [0.1, 0.15) is 31.1 Å². The predicted molar refractivity (Wildman–Crippen MR) is 183 cm³/mol. The van der Waals surface area contributed by atoms with E-state index < -0.39 is 68.0 Å². The molecule has 0 spiro atoms. The zero-order valence-electron chi connectivity index (χ0n) is 22.8. The van der Waals surface area contributed by atoms with Gasteiger partial charge < -0.3 is 14.2 Å². The summed E-state index contributed by atoms with van der Waals surface area (Å²) in [4.78, 5) is 49.7. The van der Waals surface area contributed by atoms with E-state index in [1.165, 1.54) is 30.3 Å². The average molecular weight is 1010 g/mol. The number of ether oxygens (including phenoxy) is 3. The topological polar surface area (TPSA) is 176 Å². The van der Waals surface area contributed by atoms with Crippen LogP contribution in [-0.2, 0) is 14.9 Å². The summed E-state index contributed by atoms with van der Waals surface area (Å²) < 4.78 is 88.2. The summed E-state index contributed by atoms with van der Waals surface area (Å²) in [6.45, 7) is 0. The molecule has 0 aliphatic carbocycles. The van der Waals surface area contributed by atoms with Gasteiger partial charge in [-0.15, -0.1) is 0 Å². The minimum Gasteiger partial charge on any atom is -0.448 e. The molecule has 19 heteroatoms. The molecule has 47 heavy (non-hydrogen) atoms. The van der Waals surface area contributed by atoms with E-state index >= 15 is 0 Å². The summed E-state index contributed by atoms with van der Waals surface area (Å²) >= 11 is 5.93. The molecule has 0 amide bonds. The lowest BCUT2D eigenvalue weighted by molar-refractivity contribution is -0.385. The van der Waals surface area contributed by atoms with Crippen molar-refractivity contribution in [3.05, 3.63) is 104 Å². The molecular weight excluding hydrogens is 996 g/mol. The van der Waals surface area contributed by atoms with Crippen LogP contribution in [0.15, 0.2) is 66.7 Å². The minimum atomic E-state index is -5.33. The van der Waals surface area contributed by atoms with Gasteiger partial charge in [0.15, 0.2) is 0 Å². The molecule has 246 valence electrons. The largest absolute Gasteiger partial charge is 0.448 e. The van der Waals surface area contributed by atoms with Gasteiger partial charge in [-0.2, -0.15) is 21.6 Å². The highest BCUT2D eigenvalue weighted by Crippen LogP contribution is 2.34. The third-order valence-electron chi connectivity index (χ3n) is 6.09. The fraction of sp³-hybridized carbons (Fsp3) is 0.107. The number of carbonyl (C=O) groups excluding carboxylic acids is 3. The number of esters is 3. The van der Waals surface area contributed by atoms with Gasteiger partial charge in [-0.05, 0) is 103 Å². The molecule has 1 atom stereocenters. The molecule has 4 aromatic carbocycles. The molecule has 1 unspecified atom stereocenters. The Bertz CT molecular complexity index is 2060. The first-order valence-electron chi connectivity index (χ1n) is 12.5. The van der Waals surface area contributed by atoms with E-state index in [1.54, 1.807) is 6.07 Å². The molecule has 4 aromatic rings. The van der Waals surface area contributed by atoms with Crippen molar-refractivity contribution >= 4 is 112 Å². The maximum atomic E-state index is 13.3. The number of halogens is 6. The maximum absolute atomic E-state index is 13.3. The van der Waals surface area contributed by atoms with Crippen molar-refractivity contribution in [3.8, 4) is 11.5 Å². The van der Waals surface area contributed by atoms with E-state index in [0.29, 0.717) is 7.14 Å². The van der Waals surface area contributed by atoms with Crippen LogP contribution >= 0.6 is 67.8 Å². The van der Waals surface area contributed by atoms with Crippen LogP contribution in [0.4, 0.5) is 18.9 Å². The molecule has 0 saturated heterocycles. The van der Waals surface area contributed by atoms with E-state index in [2.05, 4.69) is 4.74 Å². The first-order chi connectivity index (χ1) is 21.9. The van der Waals surface area contributed by atoms with E-state index in [9.17, 15) is 46.1 Å². The zero-order chi connectivity index (χ0) is 34.8. The fourth-order valence-electron chi connectivity index (χ4n) is 4.01. The number of rotatable bonds is 9. The fourth-order valence-corrected chi connectivity index (χ4v) is 7.03. The molecular formula is C28H15F3I3NO11S. The van der Waals surface area contributed by atoms with Crippen LogP contribution < -0.4 is 9.47 Å². The van der Waals surface area contributed by atoms with Crippen LogP contribution in [0.25, 0.3) is 10.8 Å². The van der Waals surface area contributed by atoms with Crippen LogP contribution in [0.2, 0.25) is 0 Å². The summed E-state index contributed by atoms with van der Waals surface area (Å²) in [5.74, 6) is -6.24. The number of nitrogens with zero attached hydrogens (tertiary/aromatic N) is 1. The smallest absolute Gasteiger partial charge is 0.426 e. The number of fused-ring (bicyclic) bond motifs is 1. The van der Waals surface area contributed by atoms with Crippen molar-refractivity contribution in [1.29, 1.82) is 0 Å². The number of nitro benzene ring substituents is 1. The average Bonchev–Trinajstić information content (AvgIpc) is 2.97. The standard InChI is InChI=1S/C28H15F3I3NO11S/c29-28(30,31)23(12-47(41,42)43)46-26(37)17-6-8-21(16-4-2-1-3-15(16)17)44-25(36)13-5-7-20(35(39)40)22(9-13)45-27(38)18-10-14(32)11-19(33)24(18)34/h1-11,23H,12H2,(H,41,42,43). The molecule has 12 nitrogen and oxygen atoms in total. The molecule has 0 aliphatic rings. The van der Waals surface area contributed by atoms with Crippen molar-refractivity contribution in [1.82, 2.24) is 0 Å². The van der Waals surface area contributed by atoms with Gasteiger partial charge in [0, 0.05) is 28.2 Å². The van der Waals surface area contributed by atoms with Gasteiger partial charge in [-0.1, -0.05) is 24.3 Å². The summed E-state index contributed by atoms with van der Waals surface area (Å²) in [7, 11) is -5.18. The Morgan fingerprint density at radius 3 is 2.11 bits per heavy atom. The Hall–Kier alpha value is -3.16. The predicted octanol–water partition coefficient (Wildman–Crippen LogP) is 6.98. The van der Waals surface area contributed by atoms with Gasteiger partial charge in [-0.3, -0.25) is 14.7 Å². The molecule has 0 bridgehead atoms. The zero-order valence-corrected chi connectivity index (χ0v) is 30.1. The normalized spacial score (nSPS) is 12.3. The number of carbonyl (C=O) groups is 3. The van der Waals surface area contributed by atoms with Crippen LogP contribution in [0.3, 0.4) is 0 Å². The van der Waals surface area contributed by atoms with E-state index in [-0.39, 0.29) is 27.6 Å². The Kier molecular flexibility index (Phi) is 11.3. The van der Waals surface area contributed by atoms with Crippen molar-refractivity contribution in [2.75, 3.05) is 5.75 Å². The van der Waals surface area contributed by atoms with Crippen molar-refractivity contribution < 1.29 is 59.7 Å². The highest BCUT2D eigenvalue weighted by atomic mass is 127. The molecule has 1 N–H and O–H groups in total. The quantitative estimate of drug-likeness (QED) is 0.0349. The van der Waals surface area contributed by atoms with Gasteiger partial charge in [0.2, 0.25) is 11.9 Å². The maximum Gasteiger partial charge on any atom is 0.426 e. The molecule has 4 rings (SSSR count). The number of hydrogen-bond donors (Lipinski definition) is 1. The molecule has 0 radical (unpaired) electrons. The third-order valence-corrected chi connectivity index (χ3v) is 10.5. The molecule has 0 heterocycles. The molecule has 0 aliphatic heterocycles. The lowest BCUT2D eigenvalue weighted by Gasteiger charge is -2.20. The lowest BCUT2D eigenvalue weighted by Crippen LogP contribution is -2.39. The second kappa shape index (κ2) is 14.5. The number of nitro groups is 1. The monoisotopic (exact) mass is 1010 g/mol. The highest BCUT2D eigenvalue weighted by molar-refractivity contribution is 14.1. The van der Waals surface area contributed by atoms with Crippen molar-refractivity contribution in [2.45, 2.75) is 12.3 Å². The van der Waals surface area contributed by atoms with E-state index in [1.807, 2.05) is 67.8 Å². The van der Waals surface area contributed by atoms with Gasteiger partial charge in [0.05, 0.1) is 21.6 Å². The van der Waals surface area contributed by atoms with Gasteiger partial charge >= 0.3 is 29.8 Å². The second-order valence-corrected chi connectivity index (χ2v) is 14.3. The lowest BCUT2D eigenvalue weighted by atomic mass is 10.0. The Morgan fingerprint density at radius 2 is 1.49 bits per heavy atom. The number of hydrogen-bond acceptors (Lipinski definition) is 10. The number of benzene rings is 4. The van der Waals surface area contributed by atoms with Gasteiger partial charge in [-0.25, -0.2) is 14.4 Å². The van der Waals surface area contributed by atoms with Crippen LogP contribution in [-0.4, -0.2) is 53.8 Å². The highest BCUT2D eigenvalue weighted by Gasteiger charge is 2.45. The minimum absolute atomic E-state index is 0.0457. The Balaban J connectivity index is 1.64. The molecule has 0 fully saturated rings. The third kappa shape index (κ3) is 9.05. The number of alkyl halides is 3. The first-order valence-corrected chi connectivity index (χ1v) is 17.3. The van der Waals surface area contributed by atoms with Crippen molar-refractivity contribution in [3.63, 3.8) is 0 Å². The Morgan fingerprint density at radius 1 is 0.851 bits per heavy atom.